The predicted octanol–water partition coefficient (Wildman–Crippen LogP) is 4.98. The fourth-order valence-corrected chi connectivity index (χ4v) is 7.63. The van der Waals surface area contributed by atoms with Gasteiger partial charge < -0.3 is 25.9 Å². The summed E-state index contributed by atoms with van der Waals surface area (Å²) in [5.41, 5.74) is -1.02. The van der Waals surface area contributed by atoms with Crippen molar-refractivity contribution in [3.63, 3.8) is 0 Å². The van der Waals surface area contributed by atoms with Gasteiger partial charge in [0.05, 0.1) is 48.9 Å². The van der Waals surface area contributed by atoms with Gasteiger partial charge in [-0.3, -0.25) is 19.7 Å². The Kier molecular flexibility index (Phi) is 16.5. The van der Waals surface area contributed by atoms with Crippen LogP contribution in [0.5, 0.6) is 11.6 Å². The van der Waals surface area contributed by atoms with Crippen molar-refractivity contribution in [2.24, 2.45) is 46.6 Å². The van der Waals surface area contributed by atoms with E-state index in [9.17, 15) is 57.2 Å². The van der Waals surface area contributed by atoms with Gasteiger partial charge in [-0.05, 0) is 103 Å². The summed E-state index contributed by atoms with van der Waals surface area (Å²) in [7, 11) is -8.01. The van der Waals surface area contributed by atoms with Crippen molar-refractivity contribution >= 4 is 71.6 Å². The Labute approximate surface area is 408 Å². The first kappa shape index (κ1) is 54.8. The molecule has 2 heterocycles. The summed E-state index contributed by atoms with van der Waals surface area (Å²) < 4.78 is 47.4. The number of carbonyl (C=O) groups is 2. The van der Waals surface area contributed by atoms with Crippen molar-refractivity contribution in [2.75, 3.05) is 5.01 Å². The number of aromatic nitrogens is 2. The molecule has 27 heteroatoms. The van der Waals surface area contributed by atoms with Gasteiger partial charge in [-0.2, -0.15) is 20.3 Å². The third-order valence-corrected chi connectivity index (χ3v) is 11.2. The number of nitro groups is 1. The van der Waals surface area contributed by atoms with Gasteiger partial charge in [0.15, 0.2) is 5.71 Å². The maximum Gasteiger partial charge on any atom is 3.00 e. The van der Waals surface area contributed by atoms with E-state index in [0.717, 1.165) is 9.69 Å². The fourth-order valence-electron chi connectivity index (χ4n) is 6.53. The van der Waals surface area contributed by atoms with Gasteiger partial charge in [0, 0.05) is 17.7 Å². The van der Waals surface area contributed by atoms with Crippen molar-refractivity contribution in [3.05, 3.63) is 116 Å². The molecule has 0 saturated heterocycles. The zero-order valence-electron chi connectivity index (χ0n) is 39.1. The Balaban J connectivity index is 0.000000360. The molecular formula is C42H45CrN12O12S2. The summed E-state index contributed by atoms with van der Waals surface area (Å²) in [5, 5.41) is 93.4. The van der Waals surface area contributed by atoms with Crippen molar-refractivity contribution in [2.45, 2.75) is 78.0 Å². The van der Waals surface area contributed by atoms with Crippen molar-refractivity contribution in [1.29, 1.82) is 0 Å². The van der Waals surface area contributed by atoms with E-state index in [4.69, 9.17) is 10.3 Å². The summed E-state index contributed by atoms with van der Waals surface area (Å²) in [4.78, 5) is 35.5. The number of nitro benzene ring substituents is 1. The first-order valence-electron chi connectivity index (χ1n) is 19.9. The van der Waals surface area contributed by atoms with Crippen LogP contribution in [-0.2, 0) is 53.4 Å². The molecule has 0 fully saturated rings. The number of primary sulfonamides is 2. The van der Waals surface area contributed by atoms with E-state index in [-0.39, 0.29) is 85.0 Å². The summed E-state index contributed by atoms with van der Waals surface area (Å²) in [6, 6.07) is 13.2. The molecule has 4 N–H and O–H groups in total. The van der Waals surface area contributed by atoms with Gasteiger partial charge in [-0.1, -0.05) is 53.7 Å². The topological polar surface area (TPSA) is 376 Å². The molecule has 6 rings (SSSR count). The molecule has 1 radical (unpaired) electrons. The number of amides is 1. The maximum atomic E-state index is 12.9. The first-order chi connectivity index (χ1) is 31.3. The number of hydrogen-bond acceptors (Lipinski definition) is 19. The molecule has 69 heavy (non-hydrogen) atoms. The number of nitrogens with zero attached hydrogens (tertiary/aromatic N) is 10. The molecule has 1 amide bonds. The Bertz CT molecular complexity index is 3150. The van der Waals surface area contributed by atoms with Gasteiger partial charge in [-0.15, -0.1) is 15.3 Å². The van der Waals surface area contributed by atoms with E-state index in [0.29, 0.717) is 24.0 Å². The minimum absolute atomic E-state index is 0. The number of rotatable bonds is 11. The number of nitrogens with two attached hydrogens (primary N) is 2. The van der Waals surface area contributed by atoms with E-state index in [1.807, 2.05) is 41.5 Å². The molecule has 4 aromatic rings. The Hall–Kier alpha value is -6.83. The van der Waals surface area contributed by atoms with Crippen molar-refractivity contribution in [3.8, 4) is 17.3 Å². The van der Waals surface area contributed by atoms with Crippen LogP contribution in [0.4, 0.5) is 22.7 Å². The van der Waals surface area contributed by atoms with Crippen LogP contribution >= 0.6 is 0 Å². The van der Waals surface area contributed by atoms with Crippen LogP contribution in [0.3, 0.4) is 0 Å². The number of Topliss-reactive ketones (excluding diaryl/α,β-unsaturated/α-hetero) is 1. The molecule has 1 aliphatic heterocycles. The first-order valence-corrected chi connectivity index (χ1v) is 23.0. The largest absolute Gasteiger partial charge is 3.00 e. The average Bonchev–Trinajstić information content (AvgIpc) is 3.67. The van der Waals surface area contributed by atoms with Crippen LogP contribution in [0, 0.1) is 38.3 Å². The number of ketones is 1. The van der Waals surface area contributed by atoms with Gasteiger partial charge in [0.2, 0.25) is 25.8 Å². The Morgan fingerprint density at radius 1 is 0.812 bits per heavy atom. The number of hydrazone groups is 1. The molecule has 3 aromatic carbocycles. The van der Waals surface area contributed by atoms with Gasteiger partial charge in [-0.25, -0.2) is 31.8 Å². The standard InChI is InChI=1S/C21H24N6O6S.C21H22N6O6S.Cr/c2*1-12-18(20(29)26(25-12)14-6-5-7-15(10-14)34(22,32)33)24-23-16-8-13(11-21(2,3)4)9-17(19(16)28)27(30)31;/h5-10,28-29H,11H2,1-4H3,(H2,22,32,33);5-10H,11H2,1-4H3,(H2,22,32,33);/q;-2;+3/p-1. The molecule has 363 valence electrons. The number of allylic oxidation sites excluding steroid dienone is 4. The smallest absolute Gasteiger partial charge is 0.866 e. The molecule has 0 atom stereocenters. The molecule has 0 unspecified atom stereocenters. The third kappa shape index (κ3) is 13.7. The summed E-state index contributed by atoms with van der Waals surface area (Å²) in [6.07, 6.45) is 3.51. The summed E-state index contributed by atoms with van der Waals surface area (Å²) in [6.45, 7) is 14.6. The number of sulfonamides is 2. The monoisotopic (exact) mass is 1030 g/mol. The molecular weight excluding hydrogens is 981 g/mol. The maximum absolute atomic E-state index is 12.9. The van der Waals surface area contributed by atoms with Crippen molar-refractivity contribution in [1.82, 2.24) is 15.0 Å². The molecule has 1 aromatic heterocycles. The SMILES string of the molecule is CC1=NN(c2cccc(S(N)(=O)=O)c2)C(=O)C1=NN=C1C=C(CC(C)(C)C)C=C(N([O-])[O-])C1=O.Cc1nn(-c2cccc(S(N)(=O)=O)c2)c([O-])c1N=Nc1cc(CC(C)(C)C)cc([N+](=O)[O-])c1[O-].[Cr+3].[H+]. The van der Waals surface area contributed by atoms with Crippen LogP contribution in [0.25, 0.3) is 5.69 Å². The normalized spacial score (nSPS) is 15.7. The molecule has 0 spiro atoms. The van der Waals surface area contributed by atoms with Crippen LogP contribution < -0.4 is 25.5 Å². The van der Waals surface area contributed by atoms with Crippen molar-refractivity contribution < 1.29 is 60.3 Å². The number of anilines is 1. The van der Waals surface area contributed by atoms with Crippen LogP contribution in [0.15, 0.2) is 119 Å². The average molecular weight is 1030 g/mol. The molecule has 0 bridgehead atoms. The van der Waals surface area contributed by atoms with E-state index >= 15 is 0 Å². The second-order valence-electron chi connectivity index (χ2n) is 17.7. The van der Waals surface area contributed by atoms with E-state index < -0.39 is 64.9 Å². The van der Waals surface area contributed by atoms with E-state index in [1.165, 1.54) is 86.7 Å². The number of hydrogen-bond donors (Lipinski definition) is 2. The molecule has 24 nitrogen and oxygen atoms in total. The number of aryl methyl sites for hydroxylation is 1. The van der Waals surface area contributed by atoms with E-state index in [1.54, 1.807) is 0 Å². The number of hydroxylamine groups is 2. The predicted molar refractivity (Wildman–Crippen MR) is 247 cm³/mol. The second-order valence-corrected chi connectivity index (χ2v) is 20.8. The minimum atomic E-state index is -4.00. The van der Waals surface area contributed by atoms with Crippen LogP contribution in [0.2, 0.25) is 0 Å². The number of carbonyl (C=O) groups excluding carboxylic acids is 2. The van der Waals surface area contributed by atoms with Gasteiger partial charge >= 0.3 is 24.7 Å². The molecule has 0 saturated carbocycles. The number of benzene rings is 3. The zero-order chi connectivity index (χ0) is 50.8. The molecule has 1 aliphatic carbocycles. The zero-order valence-corrected chi connectivity index (χ0v) is 41.0. The Morgan fingerprint density at radius 2 is 1.38 bits per heavy atom. The third-order valence-electron chi connectivity index (χ3n) is 9.35. The summed E-state index contributed by atoms with van der Waals surface area (Å²) >= 11 is 0. The fraction of sp³-hybridized carbons (Fsp3) is 0.286. The number of azo groups is 1. The second kappa shape index (κ2) is 20.8. The minimum Gasteiger partial charge on any atom is -0.866 e. The van der Waals surface area contributed by atoms with Crippen LogP contribution in [-0.4, -0.2) is 65.6 Å². The van der Waals surface area contributed by atoms with Crippen LogP contribution in [0.1, 0.15) is 67.6 Å². The van der Waals surface area contributed by atoms with Gasteiger partial charge in [0.25, 0.3) is 5.69 Å². The van der Waals surface area contributed by atoms with Gasteiger partial charge in [0.1, 0.15) is 11.4 Å². The summed E-state index contributed by atoms with van der Waals surface area (Å²) in [5.74, 6) is -3.30. The van der Waals surface area contributed by atoms with E-state index in [2.05, 4.69) is 30.6 Å². The molecule has 2 aliphatic rings. The quantitative estimate of drug-likeness (QED) is 0.0866. The Morgan fingerprint density at radius 3 is 1.91 bits per heavy atom.